The summed E-state index contributed by atoms with van der Waals surface area (Å²) in [4.78, 5) is 16.6. The molecule has 0 aromatic heterocycles. The van der Waals surface area contributed by atoms with Crippen LogP contribution in [0, 0.1) is 0 Å². The molecular weight excluding hydrogens is 385 g/mol. The number of hydrogen-bond acceptors (Lipinski definition) is 3. The van der Waals surface area contributed by atoms with E-state index in [2.05, 4.69) is 5.32 Å². The molecule has 0 bridgehead atoms. The summed E-state index contributed by atoms with van der Waals surface area (Å²) in [7, 11) is 0. The average molecular weight is 400 g/mol. The van der Waals surface area contributed by atoms with Crippen molar-refractivity contribution in [2.45, 2.75) is 16.0 Å². The molecule has 0 fully saturated rings. The topological polar surface area (TPSA) is 32.3 Å². The number of hydrogen-bond donors (Lipinski definition) is 1. The zero-order valence-corrected chi connectivity index (χ0v) is 15.3. The third-order valence-corrected chi connectivity index (χ3v) is 5.46. The highest BCUT2D eigenvalue weighted by atomic mass is 32.2. The number of fused-ring (bicyclic) bond motifs is 2. The van der Waals surface area contributed by atoms with Gasteiger partial charge in [-0.2, -0.15) is 13.2 Å². The lowest BCUT2D eigenvalue weighted by molar-refractivity contribution is -0.137. The molecule has 28 heavy (non-hydrogen) atoms. The van der Waals surface area contributed by atoms with Crippen LogP contribution in [0.1, 0.15) is 5.56 Å². The smallest absolute Gasteiger partial charge is 0.330 e. The minimum atomic E-state index is -4.40. The molecule has 3 aromatic rings. The van der Waals surface area contributed by atoms with Crippen LogP contribution < -0.4 is 10.2 Å². The molecule has 1 aliphatic rings. The minimum Gasteiger partial charge on any atom is -0.330 e. The van der Waals surface area contributed by atoms with Crippen molar-refractivity contribution in [3.05, 3.63) is 78.4 Å². The molecule has 0 saturated carbocycles. The number of carbonyl (C=O) groups excluding carboxylic acids is 1. The maximum Gasteiger partial charge on any atom is 0.416 e. The van der Waals surface area contributed by atoms with E-state index < -0.39 is 11.7 Å². The van der Waals surface area contributed by atoms with E-state index in [0.717, 1.165) is 33.3 Å². The summed E-state index contributed by atoms with van der Waals surface area (Å²) in [6.45, 7) is 0.0512. The zero-order chi connectivity index (χ0) is 19.7. The summed E-state index contributed by atoms with van der Waals surface area (Å²) < 4.78 is 38.0. The third-order valence-electron chi connectivity index (χ3n) is 4.33. The molecule has 0 spiro atoms. The molecule has 142 valence electrons. The van der Waals surface area contributed by atoms with Gasteiger partial charge in [-0.1, -0.05) is 36.0 Å². The zero-order valence-electron chi connectivity index (χ0n) is 14.5. The monoisotopic (exact) mass is 400 g/mol. The predicted molar refractivity (Wildman–Crippen MR) is 104 cm³/mol. The van der Waals surface area contributed by atoms with Gasteiger partial charge in [0.05, 0.1) is 16.9 Å². The van der Waals surface area contributed by atoms with Crippen molar-refractivity contribution < 1.29 is 18.0 Å². The number of carbonyl (C=O) groups is 1. The number of halogens is 3. The van der Waals surface area contributed by atoms with Crippen LogP contribution in [0.2, 0.25) is 0 Å². The largest absolute Gasteiger partial charge is 0.416 e. The molecule has 0 saturated heterocycles. The Bertz CT molecular complexity index is 973. The number of para-hydroxylation sites is 2. The Balaban J connectivity index is 1.55. The van der Waals surface area contributed by atoms with Crippen molar-refractivity contribution >= 4 is 34.7 Å². The van der Waals surface area contributed by atoms with Crippen LogP contribution in [0.5, 0.6) is 0 Å². The fraction of sp³-hybridized carbons (Fsp3) is 0.0952. The number of anilines is 3. The van der Waals surface area contributed by atoms with Crippen LogP contribution in [0.4, 0.5) is 30.2 Å². The van der Waals surface area contributed by atoms with Gasteiger partial charge in [-0.25, -0.2) is 0 Å². The quantitative estimate of drug-likeness (QED) is 0.590. The Hall–Kier alpha value is -2.93. The second-order valence-corrected chi connectivity index (χ2v) is 7.33. The lowest BCUT2D eigenvalue weighted by Gasteiger charge is -2.32. The van der Waals surface area contributed by atoms with Crippen LogP contribution in [0.15, 0.2) is 82.6 Å². The fourth-order valence-corrected chi connectivity index (χ4v) is 4.13. The van der Waals surface area contributed by atoms with Gasteiger partial charge in [0.2, 0.25) is 5.91 Å². The molecule has 1 N–H and O–H groups in total. The molecule has 1 aliphatic heterocycles. The van der Waals surface area contributed by atoms with E-state index >= 15 is 0 Å². The summed E-state index contributed by atoms with van der Waals surface area (Å²) >= 11 is 1.64. The summed E-state index contributed by atoms with van der Waals surface area (Å²) in [6.07, 6.45) is -4.40. The van der Waals surface area contributed by atoms with E-state index in [1.165, 1.54) is 12.1 Å². The second-order valence-electron chi connectivity index (χ2n) is 6.25. The maximum atomic E-state index is 12.7. The molecule has 0 unspecified atom stereocenters. The molecule has 4 rings (SSSR count). The van der Waals surface area contributed by atoms with Crippen molar-refractivity contribution in [1.29, 1.82) is 0 Å². The van der Waals surface area contributed by atoms with Gasteiger partial charge in [-0.3, -0.25) is 4.79 Å². The number of nitrogens with zero attached hydrogens (tertiary/aromatic N) is 1. The molecule has 3 aromatic carbocycles. The number of nitrogens with one attached hydrogen (secondary N) is 1. The van der Waals surface area contributed by atoms with Crippen molar-refractivity contribution in [1.82, 2.24) is 0 Å². The van der Waals surface area contributed by atoms with Gasteiger partial charge in [0, 0.05) is 15.5 Å². The average Bonchev–Trinajstić information content (AvgIpc) is 2.67. The molecule has 0 aliphatic carbocycles. The van der Waals surface area contributed by atoms with E-state index in [1.807, 2.05) is 53.4 Å². The first-order valence-corrected chi connectivity index (χ1v) is 9.34. The SMILES string of the molecule is O=C(CN1c2ccccc2Sc2ccccc21)Nc1ccc(C(F)(F)F)cc1. The minimum absolute atomic E-state index is 0.0512. The fourth-order valence-electron chi connectivity index (χ4n) is 3.04. The van der Waals surface area contributed by atoms with Crippen LogP contribution in [0.25, 0.3) is 0 Å². The summed E-state index contributed by atoms with van der Waals surface area (Å²) in [6, 6.07) is 20.0. The summed E-state index contributed by atoms with van der Waals surface area (Å²) in [5, 5.41) is 2.67. The lowest BCUT2D eigenvalue weighted by Crippen LogP contribution is -2.31. The number of benzene rings is 3. The first kappa shape index (κ1) is 18.4. The summed E-state index contributed by atoms with van der Waals surface area (Å²) in [5.74, 6) is -0.309. The van der Waals surface area contributed by atoms with Crippen molar-refractivity contribution in [2.75, 3.05) is 16.8 Å². The molecule has 1 heterocycles. The Kier molecular flexibility index (Phi) is 4.77. The first-order chi connectivity index (χ1) is 13.4. The van der Waals surface area contributed by atoms with Crippen LogP contribution in [-0.4, -0.2) is 12.5 Å². The van der Waals surface area contributed by atoms with E-state index in [4.69, 9.17) is 0 Å². The van der Waals surface area contributed by atoms with Gasteiger partial charge in [0.15, 0.2) is 0 Å². The van der Waals surface area contributed by atoms with Gasteiger partial charge in [0.1, 0.15) is 6.54 Å². The number of alkyl halides is 3. The van der Waals surface area contributed by atoms with Gasteiger partial charge in [-0.15, -0.1) is 0 Å². The molecule has 3 nitrogen and oxygen atoms in total. The first-order valence-electron chi connectivity index (χ1n) is 8.52. The number of rotatable bonds is 3. The molecule has 7 heteroatoms. The van der Waals surface area contributed by atoms with Gasteiger partial charge < -0.3 is 10.2 Å². The van der Waals surface area contributed by atoms with E-state index in [9.17, 15) is 18.0 Å². The highest BCUT2D eigenvalue weighted by molar-refractivity contribution is 7.99. The third kappa shape index (κ3) is 3.71. The molecule has 0 radical (unpaired) electrons. The van der Waals surface area contributed by atoms with Crippen LogP contribution in [-0.2, 0) is 11.0 Å². The maximum absolute atomic E-state index is 12.7. The van der Waals surface area contributed by atoms with Crippen molar-refractivity contribution in [2.24, 2.45) is 0 Å². The Labute approximate surface area is 164 Å². The Morgan fingerprint density at radius 1 is 0.857 bits per heavy atom. The highest BCUT2D eigenvalue weighted by Gasteiger charge is 2.30. The Morgan fingerprint density at radius 3 is 1.93 bits per heavy atom. The number of amides is 1. The van der Waals surface area contributed by atoms with Crippen molar-refractivity contribution in [3.63, 3.8) is 0 Å². The Morgan fingerprint density at radius 2 is 1.39 bits per heavy atom. The molecule has 0 atom stereocenters. The summed E-state index contributed by atoms with van der Waals surface area (Å²) in [5.41, 5.74) is 1.43. The van der Waals surface area contributed by atoms with Gasteiger partial charge in [0.25, 0.3) is 0 Å². The van der Waals surface area contributed by atoms with Crippen molar-refractivity contribution in [3.8, 4) is 0 Å². The van der Waals surface area contributed by atoms with E-state index in [0.29, 0.717) is 5.69 Å². The van der Waals surface area contributed by atoms with Crippen LogP contribution in [0.3, 0.4) is 0 Å². The lowest BCUT2D eigenvalue weighted by atomic mass is 10.2. The molecule has 1 amide bonds. The van der Waals surface area contributed by atoms with E-state index in [-0.39, 0.29) is 12.5 Å². The van der Waals surface area contributed by atoms with E-state index in [1.54, 1.807) is 11.8 Å². The van der Waals surface area contributed by atoms with Gasteiger partial charge >= 0.3 is 6.18 Å². The van der Waals surface area contributed by atoms with Gasteiger partial charge in [-0.05, 0) is 48.5 Å². The molecular formula is C21H15F3N2OS. The standard InChI is InChI=1S/C21H15F3N2OS/c22-21(23,24)14-9-11-15(12-10-14)25-20(27)13-26-16-5-1-3-7-18(16)28-19-8-4-2-6-17(19)26/h1-12H,13H2,(H,25,27). The second kappa shape index (κ2) is 7.24. The normalized spacial score (nSPS) is 12.9. The van der Waals surface area contributed by atoms with Crippen LogP contribution >= 0.6 is 11.8 Å². The highest BCUT2D eigenvalue weighted by Crippen LogP contribution is 2.47. The predicted octanol–water partition coefficient (Wildman–Crippen LogP) is 5.95.